The number of hydrazone groups is 1. The number of ether oxygens (including phenoxy) is 1. The van der Waals surface area contributed by atoms with E-state index in [1.54, 1.807) is 6.21 Å². The van der Waals surface area contributed by atoms with Crippen LogP contribution in [0.3, 0.4) is 0 Å². The molecule has 6 nitrogen and oxygen atoms in total. The Labute approximate surface area is 248 Å². The number of nitrogens with one attached hydrogen (secondary N) is 2. The minimum Gasteiger partial charge on any atom is -0.506 e. The molecule has 0 aliphatic heterocycles. The maximum atomic E-state index is 12.4. The number of rotatable bonds is 11. The third-order valence-corrected chi connectivity index (χ3v) is 7.11. The highest BCUT2D eigenvalue weighted by atomic mass is 35.5. The van der Waals surface area contributed by atoms with Crippen LogP contribution in [0.5, 0.6) is 11.5 Å². The van der Waals surface area contributed by atoms with E-state index < -0.39 is 5.91 Å². The second-order valence-electron chi connectivity index (χ2n) is 9.04. The van der Waals surface area contributed by atoms with E-state index in [9.17, 15) is 9.90 Å². The van der Waals surface area contributed by atoms with Crippen LogP contribution in [0.25, 0.3) is 11.1 Å². The monoisotopic (exact) mass is 595 g/mol. The molecule has 0 unspecified atom stereocenters. The standard InChI is InChI=1S/C31H28Cl3N3O3/c1-20-15-22(19-36-37-31(39)24-8-10-29(38)28(34)18-24)16-25(23-5-3-2-4-6-23)30(20)40-14-13-35-12-11-21-7-9-26(32)27(33)17-21/h2-10,15-19,35,38H,11-14H2,1H3,(H,37,39)/b36-19-. The van der Waals surface area contributed by atoms with Crippen molar-refractivity contribution in [2.75, 3.05) is 19.7 Å². The number of nitrogens with zero attached hydrogens (tertiary/aromatic N) is 1. The molecule has 4 aromatic rings. The molecule has 0 fully saturated rings. The molecule has 0 radical (unpaired) electrons. The van der Waals surface area contributed by atoms with E-state index in [0.717, 1.165) is 46.5 Å². The molecule has 9 heteroatoms. The lowest BCUT2D eigenvalue weighted by atomic mass is 9.99. The number of aromatic hydroxyl groups is 1. The highest BCUT2D eigenvalue weighted by molar-refractivity contribution is 6.42. The first-order valence-corrected chi connectivity index (χ1v) is 13.7. The quantitative estimate of drug-likeness (QED) is 0.0964. The Balaban J connectivity index is 1.39. The Hall–Kier alpha value is -3.55. The molecule has 0 saturated carbocycles. The van der Waals surface area contributed by atoms with Gasteiger partial charge in [-0.05, 0) is 84.6 Å². The van der Waals surface area contributed by atoms with Gasteiger partial charge in [0.2, 0.25) is 0 Å². The van der Waals surface area contributed by atoms with E-state index in [4.69, 9.17) is 39.5 Å². The van der Waals surface area contributed by atoms with Gasteiger partial charge in [-0.3, -0.25) is 4.79 Å². The maximum Gasteiger partial charge on any atom is 0.271 e. The molecule has 1 amide bonds. The van der Waals surface area contributed by atoms with Gasteiger partial charge in [-0.25, -0.2) is 5.43 Å². The molecular weight excluding hydrogens is 569 g/mol. The van der Waals surface area contributed by atoms with Crippen molar-refractivity contribution in [2.45, 2.75) is 13.3 Å². The largest absolute Gasteiger partial charge is 0.506 e. The van der Waals surface area contributed by atoms with Crippen molar-refractivity contribution in [1.82, 2.24) is 10.7 Å². The summed E-state index contributed by atoms with van der Waals surface area (Å²) in [5, 5.41) is 18.3. The van der Waals surface area contributed by atoms with Gasteiger partial charge in [-0.1, -0.05) is 71.2 Å². The van der Waals surface area contributed by atoms with Gasteiger partial charge in [-0.15, -0.1) is 0 Å². The van der Waals surface area contributed by atoms with Crippen molar-refractivity contribution < 1.29 is 14.6 Å². The minimum absolute atomic E-state index is 0.0907. The number of phenolic OH excluding ortho intramolecular Hbond substituents is 1. The third kappa shape index (κ3) is 7.99. The number of carbonyl (C=O) groups is 1. The fourth-order valence-electron chi connectivity index (χ4n) is 4.06. The van der Waals surface area contributed by atoms with Gasteiger partial charge in [0.15, 0.2) is 0 Å². The molecule has 0 aliphatic rings. The molecule has 0 bridgehead atoms. The Morgan fingerprint density at radius 2 is 1.73 bits per heavy atom. The number of benzene rings is 4. The highest BCUT2D eigenvalue weighted by Crippen LogP contribution is 2.34. The number of amides is 1. The van der Waals surface area contributed by atoms with Gasteiger partial charge >= 0.3 is 0 Å². The summed E-state index contributed by atoms with van der Waals surface area (Å²) < 4.78 is 6.24. The third-order valence-electron chi connectivity index (χ3n) is 6.07. The van der Waals surface area contributed by atoms with E-state index in [0.29, 0.717) is 23.2 Å². The van der Waals surface area contributed by atoms with Gasteiger partial charge in [0, 0.05) is 17.7 Å². The van der Waals surface area contributed by atoms with Crippen LogP contribution < -0.4 is 15.5 Å². The maximum absolute atomic E-state index is 12.4. The molecule has 4 aromatic carbocycles. The van der Waals surface area contributed by atoms with Crippen molar-refractivity contribution in [1.29, 1.82) is 0 Å². The van der Waals surface area contributed by atoms with Crippen LogP contribution in [0.1, 0.15) is 27.0 Å². The lowest BCUT2D eigenvalue weighted by Crippen LogP contribution is -2.23. The van der Waals surface area contributed by atoms with Crippen LogP contribution in [-0.2, 0) is 6.42 Å². The Morgan fingerprint density at radius 1 is 0.925 bits per heavy atom. The van der Waals surface area contributed by atoms with E-state index in [2.05, 4.69) is 15.8 Å². The number of hydrogen-bond donors (Lipinski definition) is 3. The average Bonchev–Trinajstić information content (AvgIpc) is 2.95. The first-order chi connectivity index (χ1) is 19.3. The van der Waals surface area contributed by atoms with Crippen molar-refractivity contribution in [3.8, 4) is 22.6 Å². The number of aryl methyl sites for hydroxylation is 1. The van der Waals surface area contributed by atoms with Gasteiger partial charge in [0.25, 0.3) is 5.91 Å². The van der Waals surface area contributed by atoms with E-state index in [1.165, 1.54) is 18.2 Å². The first-order valence-electron chi connectivity index (χ1n) is 12.6. The Bertz CT molecular complexity index is 1510. The van der Waals surface area contributed by atoms with Gasteiger partial charge in [-0.2, -0.15) is 5.10 Å². The molecule has 0 aliphatic carbocycles. The number of carbonyl (C=O) groups excluding carboxylic acids is 1. The summed E-state index contributed by atoms with van der Waals surface area (Å²) in [4.78, 5) is 12.4. The summed E-state index contributed by atoms with van der Waals surface area (Å²) in [6, 6.07) is 23.8. The molecule has 0 aromatic heterocycles. The van der Waals surface area contributed by atoms with Gasteiger partial charge in [0.1, 0.15) is 18.1 Å². The molecule has 0 atom stereocenters. The van der Waals surface area contributed by atoms with Crippen LogP contribution in [-0.4, -0.2) is 36.9 Å². The van der Waals surface area contributed by atoms with Crippen molar-refractivity contribution in [3.05, 3.63) is 116 Å². The Kier molecular flexibility index (Phi) is 10.4. The number of phenols is 1. The highest BCUT2D eigenvalue weighted by Gasteiger charge is 2.12. The van der Waals surface area contributed by atoms with E-state index in [1.807, 2.05) is 67.6 Å². The Morgan fingerprint density at radius 3 is 2.48 bits per heavy atom. The molecule has 4 rings (SSSR count). The zero-order valence-electron chi connectivity index (χ0n) is 21.8. The summed E-state index contributed by atoms with van der Waals surface area (Å²) in [5.41, 5.74) is 7.57. The summed E-state index contributed by atoms with van der Waals surface area (Å²) in [5.74, 6) is 0.259. The summed E-state index contributed by atoms with van der Waals surface area (Å²) in [6.45, 7) is 3.92. The second-order valence-corrected chi connectivity index (χ2v) is 10.3. The smallest absolute Gasteiger partial charge is 0.271 e. The molecule has 0 saturated heterocycles. The molecular formula is C31H28Cl3N3O3. The molecule has 206 valence electrons. The molecule has 40 heavy (non-hydrogen) atoms. The normalized spacial score (nSPS) is 11.1. The van der Waals surface area contributed by atoms with Crippen LogP contribution in [0, 0.1) is 6.92 Å². The number of hydrogen-bond acceptors (Lipinski definition) is 5. The predicted octanol–water partition coefficient (Wildman–Crippen LogP) is 7.30. The molecule has 0 spiro atoms. The van der Waals surface area contributed by atoms with Crippen molar-refractivity contribution in [3.63, 3.8) is 0 Å². The predicted molar refractivity (Wildman–Crippen MR) is 163 cm³/mol. The lowest BCUT2D eigenvalue weighted by molar-refractivity contribution is 0.0955. The van der Waals surface area contributed by atoms with Crippen molar-refractivity contribution >= 4 is 46.9 Å². The zero-order valence-corrected chi connectivity index (χ0v) is 24.0. The summed E-state index contributed by atoms with van der Waals surface area (Å²) in [7, 11) is 0. The molecule has 3 N–H and O–H groups in total. The fraction of sp³-hybridized carbons (Fsp3) is 0.161. The van der Waals surface area contributed by atoms with E-state index in [-0.39, 0.29) is 16.3 Å². The van der Waals surface area contributed by atoms with Gasteiger partial charge < -0.3 is 15.2 Å². The summed E-state index contributed by atoms with van der Waals surface area (Å²) >= 11 is 18.0. The SMILES string of the molecule is Cc1cc(/C=N\NC(=O)c2ccc(O)c(Cl)c2)cc(-c2ccccc2)c1OCCNCCc1ccc(Cl)c(Cl)c1. The first kappa shape index (κ1) is 29.4. The van der Waals surface area contributed by atoms with Crippen LogP contribution in [0.4, 0.5) is 0 Å². The molecule has 0 heterocycles. The average molecular weight is 597 g/mol. The minimum atomic E-state index is -0.440. The van der Waals surface area contributed by atoms with Crippen LogP contribution in [0.2, 0.25) is 15.1 Å². The fourth-order valence-corrected chi connectivity index (χ4v) is 4.56. The van der Waals surface area contributed by atoms with Crippen molar-refractivity contribution in [2.24, 2.45) is 5.10 Å². The van der Waals surface area contributed by atoms with Crippen LogP contribution in [0.15, 0.2) is 84.0 Å². The number of halogens is 3. The van der Waals surface area contributed by atoms with Crippen LogP contribution >= 0.6 is 34.8 Å². The van der Waals surface area contributed by atoms with Gasteiger partial charge in [0.05, 0.1) is 21.3 Å². The second kappa shape index (κ2) is 14.2. The topological polar surface area (TPSA) is 83.0 Å². The lowest BCUT2D eigenvalue weighted by Gasteiger charge is -2.16. The summed E-state index contributed by atoms with van der Waals surface area (Å²) in [6.07, 6.45) is 2.41. The zero-order chi connectivity index (χ0) is 28.5. The van der Waals surface area contributed by atoms with E-state index >= 15 is 0 Å².